The van der Waals surface area contributed by atoms with Crippen LogP contribution in [0.1, 0.15) is 30.9 Å². The molecule has 0 fully saturated rings. The normalized spacial score (nSPS) is 16.3. The van der Waals surface area contributed by atoms with Crippen LogP contribution in [-0.4, -0.2) is 25.2 Å². The zero-order chi connectivity index (χ0) is 13.0. The van der Waals surface area contributed by atoms with E-state index in [4.69, 9.17) is 4.74 Å². The lowest BCUT2D eigenvalue weighted by molar-refractivity contribution is -0.142. The highest BCUT2D eigenvalue weighted by molar-refractivity contribution is 5.71. The van der Waals surface area contributed by atoms with Crippen molar-refractivity contribution in [2.75, 3.05) is 13.7 Å². The molecule has 0 bridgehead atoms. The van der Waals surface area contributed by atoms with Gasteiger partial charge in [0.1, 0.15) is 0 Å². The Morgan fingerprint density at radius 2 is 1.94 bits per heavy atom. The van der Waals surface area contributed by atoms with E-state index in [0.29, 0.717) is 6.42 Å². The summed E-state index contributed by atoms with van der Waals surface area (Å²) < 4.78 is 4.84. The van der Waals surface area contributed by atoms with Crippen LogP contribution in [0.3, 0.4) is 0 Å². The summed E-state index contributed by atoms with van der Waals surface area (Å²) in [6.07, 6.45) is 3.34. The Balaban J connectivity index is 2.16. The highest BCUT2D eigenvalue weighted by atomic mass is 16.5. The fourth-order valence-electron chi connectivity index (χ4n) is 2.75. The van der Waals surface area contributed by atoms with E-state index in [1.54, 1.807) is 0 Å². The van der Waals surface area contributed by atoms with Crippen LogP contribution >= 0.6 is 0 Å². The number of fused-ring (bicyclic) bond motifs is 1. The van der Waals surface area contributed by atoms with Gasteiger partial charge in [-0.1, -0.05) is 31.2 Å². The third kappa shape index (κ3) is 2.72. The third-order valence-electron chi connectivity index (χ3n) is 3.64. The van der Waals surface area contributed by atoms with E-state index >= 15 is 0 Å². The maximum absolute atomic E-state index is 11.6. The van der Waals surface area contributed by atoms with Crippen molar-refractivity contribution in [2.24, 2.45) is 0 Å². The van der Waals surface area contributed by atoms with E-state index in [-0.39, 0.29) is 11.5 Å². The number of esters is 1. The van der Waals surface area contributed by atoms with Gasteiger partial charge in [-0.3, -0.25) is 4.79 Å². The second kappa shape index (κ2) is 5.53. The molecule has 1 aliphatic rings. The van der Waals surface area contributed by atoms with Crippen molar-refractivity contribution in [1.82, 2.24) is 5.32 Å². The van der Waals surface area contributed by atoms with Crippen molar-refractivity contribution in [3.05, 3.63) is 35.4 Å². The van der Waals surface area contributed by atoms with E-state index in [2.05, 4.69) is 36.5 Å². The second-order valence-electron chi connectivity index (χ2n) is 5.08. The Kier molecular flexibility index (Phi) is 4.02. The van der Waals surface area contributed by atoms with Crippen molar-refractivity contribution >= 4 is 5.97 Å². The average molecular weight is 247 g/mol. The van der Waals surface area contributed by atoms with Gasteiger partial charge in [-0.25, -0.2) is 0 Å². The molecule has 98 valence electrons. The zero-order valence-electron chi connectivity index (χ0n) is 11.2. The summed E-state index contributed by atoms with van der Waals surface area (Å²) in [5, 5.41) is 3.56. The number of hydrogen-bond acceptors (Lipinski definition) is 3. The summed E-state index contributed by atoms with van der Waals surface area (Å²) in [6, 6.07) is 8.43. The van der Waals surface area contributed by atoms with Gasteiger partial charge in [-0.2, -0.15) is 0 Å². The van der Waals surface area contributed by atoms with Crippen molar-refractivity contribution in [3.63, 3.8) is 0 Å². The molecule has 0 spiro atoms. The lowest BCUT2D eigenvalue weighted by atomic mass is 9.91. The van der Waals surface area contributed by atoms with Crippen LogP contribution in [0.2, 0.25) is 0 Å². The Labute approximate surface area is 109 Å². The highest BCUT2D eigenvalue weighted by Crippen LogP contribution is 2.32. The maximum atomic E-state index is 11.6. The summed E-state index contributed by atoms with van der Waals surface area (Å²) in [6.45, 7) is 3.08. The van der Waals surface area contributed by atoms with Crippen LogP contribution in [0.5, 0.6) is 0 Å². The first-order valence-electron chi connectivity index (χ1n) is 6.58. The number of benzene rings is 1. The van der Waals surface area contributed by atoms with Gasteiger partial charge in [0, 0.05) is 5.54 Å². The SMILES string of the molecule is CCCNC1(CC(=O)OC)Cc2ccccc2C1. The zero-order valence-corrected chi connectivity index (χ0v) is 11.2. The van der Waals surface area contributed by atoms with Crippen LogP contribution in [0.25, 0.3) is 0 Å². The molecule has 2 rings (SSSR count). The van der Waals surface area contributed by atoms with Crippen LogP contribution < -0.4 is 5.32 Å². The van der Waals surface area contributed by atoms with Gasteiger partial charge in [0.15, 0.2) is 0 Å². The molecule has 3 nitrogen and oxygen atoms in total. The largest absolute Gasteiger partial charge is 0.469 e. The number of hydrogen-bond donors (Lipinski definition) is 1. The molecule has 0 unspecified atom stereocenters. The number of ether oxygens (including phenoxy) is 1. The van der Waals surface area contributed by atoms with Gasteiger partial charge < -0.3 is 10.1 Å². The molecular weight excluding hydrogens is 226 g/mol. The molecule has 1 N–H and O–H groups in total. The van der Waals surface area contributed by atoms with Gasteiger partial charge >= 0.3 is 5.97 Å². The molecule has 0 radical (unpaired) electrons. The first-order valence-corrected chi connectivity index (χ1v) is 6.58. The standard InChI is InChI=1S/C15H21NO2/c1-3-8-16-15(11-14(17)18-2)9-12-6-4-5-7-13(12)10-15/h4-7,16H,3,8-11H2,1-2H3. The molecule has 18 heavy (non-hydrogen) atoms. The fourth-order valence-corrected chi connectivity index (χ4v) is 2.75. The Morgan fingerprint density at radius 1 is 1.33 bits per heavy atom. The summed E-state index contributed by atoms with van der Waals surface area (Å²) >= 11 is 0. The van der Waals surface area contributed by atoms with Gasteiger partial charge in [-0.15, -0.1) is 0 Å². The van der Waals surface area contributed by atoms with Crippen molar-refractivity contribution in [1.29, 1.82) is 0 Å². The number of carbonyl (C=O) groups is 1. The molecule has 0 saturated heterocycles. The lowest BCUT2D eigenvalue weighted by Crippen LogP contribution is -2.48. The monoisotopic (exact) mass is 247 g/mol. The van der Waals surface area contributed by atoms with Crippen LogP contribution in [-0.2, 0) is 22.4 Å². The number of rotatable bonds is 5. The van der Waals surface area contributed by atoms with E-state index in [0.717, 1.165) is 25.8 Å². The van der Waals surface area contributed by atoms with Crippen molar-refractivity contribution in [2.45, 2.75) is 38.1 Å². The van der Waals surface area contributed by atoms with Crippen LogP contribution in [0.4, 0.5) is 0 Å². The minimum atomic E-state index is -0.146. The molecule has 0 heterocycles. The van der Waals surface area contributed by atoms with E-state index in [9.17, 15) is 4.79 Å². The molecule has 0 atom stereocenters. The summed E-state index contributed by atoms with van der Waals surface area (Å²) in [4.78, 5) is 11.6. The third-order valence-corrected chi connectivity index (χ3v) is 3.64. The fraction of sp³-hybridized carbons (Fsp3) is 0.533. The second-order valence-corrected chi connectivity index (χ2v) is 5.08. The first-order chi connectivity index (χ1) is 8.69. The summed E-state index contributed by atoms with van der Waals surface area (Å²) in [5.74, 6) is -0.133. The topological polar surface area (TPSA) is 38.3 Å². The van der Waals surface area contributed by atoms with Crippen LogP contribution in [0, 0.1) is 0 Å². The van der Waals surface area contributed by atoms with E-state index < -0.39 is 0 Å². The molecule has 1 aliphatic carbocycles. The van der Waals surface area contributed by atoms with E-state index in [1.807, 2.05) is 0 Å². The van der Waals surface area contributed by atoms with Gasteiger partial charge in [0.05, 0.1) is 13.5 Å². The quantitative estimate of drug-likeness (QED) is 0.810. The predicted molar refractivity (Wildman–Crippen MR) is 71.5 cm³/mol. The molecule has 0 aromatic heterocycles. The van der Waals surface area contributed by atoms with Gasteiger partial charge in [0.25, 0.3) is 0 Å². The molecule has 1 aromatic carbocycles. The molecular formula is C15H21NO2. The maximum Gasteiger partial charge on any atom is 0.307 e. The minimum Gasteiger partial charge on any atom is -0.469 e. The molecule has 3 heteroatoms. The average Bonchev–Trinajstić information content (AvgIpc) is 2.74. The molecule has 1 aromatic rings. The number of carbonyl (C=O) groups excluding carboxylic acids is 1. The highest BCUT2D eigenvalue weighted by Gasteiger charge is 2.38. The van der Waals surface area contributed by atoms with Crippen molar-refractivity contribution < 1.29 is 9.53 Å². The predicted octanol–water partition coefficient (Wildman–Crippen LogP) is 2.09. The lowest BCUT2D eigenvalue weighted by Gasteiger charge is -2.29. The Bertz CT molecular complexity index is 403. The first kappa shape index (κ1) is 13.1. The van der Waals surface area contributed by atoms with E-state index in [1.165, 1.54) is 18.2 Å². The van der Waals surface area contributed by atoms with Crippen LogP contribution in [0.15, 0.2) is 24.3 Å². The number of methoxy groups -OCH3 is 1. The van der Waals surface area contributed by atoms with Gasteiger partial charge in [0.2, 0.25) is 0 Å². The minimum absolute atomic E-state index is 0.133. The van der Waals surface area contributed by atoms with Crippen molar-refractivity contribution in [3.8, 4) is 0 Å². The summed E-state index contributed by atoms with van der Waals surface area (Å²) in [7, 11) is 1.46. The Hall–Kier alpha value is -1.35. The van der Waals surface area contributed by atoms with Gasteiger partial charge in [-0.05, 0) is 36.9 Å². The molecule has 0 saturated carbocycles. The Morgan fingerprint density at radius 3 is 2.44 bits per heavy atom. The summed E-state index contributed by atoms with van der Waals surface area (Å²) in [5.41, 5.74) is 2.56. The number of nitrogens with one attached hydrogen (secondary N) is 1. The smallest absolute Gasteiger partial charge is 0.307 e. The molecule has 0 amide bonds. The molecule has 0 aliphatic heterocycles.